The van der Waals surface area contributed by atoms with Crippen LogP contribution in [-0.2, 0) is 9.59 Å². The molecular weight excluding hydrogens is 330 g/mol. The van der Waals surface area contributed by atoms with E-state index in [-0.39, 0.29) is 24.4 Å². The number of imide groups is 1. The van der Waals surface area contributed by atoms with Crippen LogP contribution in [0.2, 0.25) is 0 Å². The van der Waals surface area contributed by atoms with Gasteiger partial charge in [0, 0.05) is 0 Å². The Labute approximate surface area is 154 Å². The van der Waals surface area contributed by atoms with E-state index in [2.05, 4.69) is 17.6 Å². The molecule has 2 aliphatic rings. The van der Waals surface area contributed by atoms with Crippen molar-refractivity contribution >= 4 is 17.8 Å². The lowest BCUT2D eigenvalue weighted by molar-refractivity contribution is -0.136. The van der Waals surface area contributed by atoms with Gasteiger partial charge in [-0.05, 0) is 44.1 Å². The molecule has 0 aromatic heterocycles. The van der Waals surface area contributed by atoms with Crippen LogP contribution < -0.4 is 10.6 Å². The predicted molar refractivity (Wildman–Crippen MR) is 98.2 cm³/mol. The number of amides is 4. The smallest absolute Gasteiger partial charge is 0.325 e. The fourth-order valence-corrected chi connectivity index (χ4v) is 3.99. The molecule has 0 bridgehead atoms. The minimum atomic E-state index is -0.798. The van der Waals surface area contributed by atoms with Gasteiger partial charge in [0.05, 0.1) is 6.04 Å². The Morgan fingerprint density at radius 2 is 1.92 bits per heavy atom. The van der Waals surface area contributed by atoms with E-state index in [0.29, 0.717) is 18.8 Å². The third kappa shape index (κ3) is 3.59. The Kier molecular flexibility index (Phi) is 5.30. The second-order valence-electron chi connectivity index (χ2n) is 7.46. The van der Waals surface area contributed by atoms with Gasteiger partial charge in [0.2, 0.25) is 5.91 Å². The summed E-state index contributed by atoms with van der Waals surface area (Å²) in [7, 11) is 0. The van der Waals surface area contributed by atoms with E-state index >= 15 is 0 Å². The zero-order chi connectivity index (χ0) is 18.7. The van der Waals surface area contributed by atoms with Crippen LogP contribution in [0.3, 0.4) is 0 Å². The number of nitrogens with one attached hydrogen (secondary N) is 2. The Balaban J connectivity index is 1.60. The minimum Gasteiger partial charge on any atom is -0.348 e. The predicted octanol–water partition coefficient (Wildman–Crippen LogP) is 2.75. The van der Waals surface area contributed by atoms with E-state index in [1.165, 1.54) is 0 Å². The van der Waals surface area contributed by atoms with E-state index in [1.807, 2.05) is 37.3 Å². The molecule has 1 saturated heterocycles. The van der Waals surface area contributed by atoms with Gasteiger partial charge in [-0.15, -0.1) is 0 Å². The van der Waals surface area contributed by atoms with Crippen LogP contribution in [0, 0.1) is 5.92 Å². The maximum Gasteiger partial charge on any atom is 0.325 e. The fraction of sp³-hybridized carbons (Fsp3) is 0.550. The normalized spacial score (nSPS) is 26.7. The first kappa shape index (κ1) is 18.4. The van der Waals surface area contributed by atoms with Crippen molar-refractivity contribution in [3.05, 3.63) is 35.9 Å². The number of urea groups is 1. The largest absolute Gasteiger partial charge is 0.348 e. The van der Waals surface area contributed by atoms with Crippen LogP contribution in [0.25, 0.3) is 0 Å². The maximum atomic E-state index is 12.8. The summed E-state index contributed by atoms with van der Waals surface area (Å²) in [6, 6.07) is 8.96. The summed E-state index contributed by atoms with van der Waals surface area (Å²) >= 11 is 0. The summed E-state index contributed by atoms with van der Waals surface area (Å²) in [5.74, 6) is 0.0399. The topological polar surface area (TPSA) is 78.5 Å². The number of carbonyl (C=O) groups excluding carboxylic acids is 3. The van der Waals surface area contributed by atoms with Gasteiger partial charge in [-0.2, -0.15) is 0 Å². The molecule has 26 heavy (non-hydrogen) atoms. The Morgan fingerprint density at radius 3 is 2.54 bits per heavy atom. The van der Waals surface area contributed by atoms with Crippen LogP contribution >= 0.6 is 0 Å². The molecule has 1 aliphatic heterocycles. The van der Waals surface area contributed by atoms with Crippen LogP contribution in [0.5, 0.6) is 0 Å². The molecule has 1 aromatic carbocycles. The number of nitrogens with zero attached hydrogens (tertiary/aromatic N) is 1. The highest BCUT2D eigenvalue weighted by Crippen LogP contribution is 2.37. The summed E-state index contributed by atoms with van der Waals surface area (Å²) in [4.78, 5) is 38.6. The minimum absolute atomic E-state index is 0.182. The van der Waals surface area contributed by atoms with Crippen LogP contribution in [0.1, 0.15) is 57.6 Å². The molecule has 6 nitrogen and oxygen atoms in total. The highest BCUT2D eigenvalue weighted by Gasteiger charge is 2.52. The lowest BCUT2D eigenvalue weighted by atomic mass is 9.75. The van der Waals surface area contributed by atoms with Crippen molar-refractivity contribution in [3.8, 4) is 0 Å². The lowest BCUT2D eigenvalue weighted by Crippen LogP contribution is -2.50. The van der Waals surface area contributed by atoms with Crippen molar-refractivity contribution < 1.29 is 14.4 Å². The van der Waals surface area contributed by atoms with Gasteiger partial charge in [0.1, 0.15) is 12.1 Å². The van der Waals surface area contributed by atoms with Gasteiger partial charge < -0.3 is 10.6 Å². The Morgan fingerprint density at radius 1 is 1.27 bits per heavy atom. The Hall–Kier alpha value is -2.37. The molecule has 140 valence electrons. The van der Waals surface area contributed by atoms with E-state index in [9.17, 15) is 14.4 Å². The lowest BCUT2D eigenvalue weighted by Gasteiger charge is -2.34. The summed E-state index contributed by atoms with van der Waals surface area (Å²) in [6.07, 6.45) is 4.30. The van der Waals surface area contributed by atoms with E-state index in [1.54, 1.807) is 0 Å². The van der Waals surface area contributed by atoms with Crippen molar-refractivity contribution in [2.45, 2.75) is 57.5 Å². The van der Waals surface area contributed by atoms with Gasteiger partial charge in [0.25, 0.3) is 5.91 Å². The molecular formula is C20H27N3O3. The molecule has 1 aromatic rings. The highest BCUT2D eigenvalue weighted by molar-refractivity contribution is 6.09. The summed E-state index contributed by atoms with van der Waals surface area (Å²) in [5.41, 5.74) is 0.182. The van der Waals surface area contributed by atoms with E-state index < -0.39 is 11.6 Å². The first-order valence-electron chi connectivity index (χ1n) is 9.43. The molecule has 4 amide bonds. The van der Waals surface area contributed by atoms with Gasteiger partial charge in [0.15, 0.2) is 0 Å². The SMILES string of the molecule is CCC1CCC2(CC1)NC(=O)N(CC(=O)NC(C)c1ccccc1)C2=O. The molecule has 1 heterocycles. The fourth-order valence-electron chi connectivity index (χ4n) is 3.99. The molecule has 6 heteroatoms. The van der Waals surface area contributed by atoms with Crippen LogP contribution in [0.4, 0.5) is 4.79 Å². The molecule has 0 radical (unpaired) electrons. The second kappa shape index (κ2) is 7.48. The van der Waals surface area contributed by atoms with Crippen molar-refractivity contribution in [1.82, 2.24) is 15.5 Å². The zero-order valence-corrected chi connectivity index (χ0v) is 15.5. The van der Waals surface area contributed by atoms with Crippen molar-refractivity contribution in [2.75, 3.05) is 6.54 Å². The molecule has 1 aliphatic carbocycles. The monoisotopic (exact) mass is 357 g/mol. The van der Waals surface area contributed by atoms with Gasteiger partial charge in [-0.1, -0.05) is 43.7 Å². The van der Waals surface area contributed by atoms with Crippen LogP contribution in [-0.4, -0.2) is 34.8 Å². The number of hydrogen-bond acceptors (Lipinski definition) is 3. The molecule has 2 fully saturated rings. The molecule has 2 N–H and O–H groups in total. The average molecular weight is 357 g/mol. The molecule has 1 unspecified atom stereocenters. The maximum absolute atomic E-state index is 12.8. The molecule has 1 atom stereocenters. The quantitative estimate of drug-likeness (QED) is 0.796. The average Bonchev–Trinajstić information content (AvgIpc) is 2.87. The standard InChI is InChI=1S/C20H27N3O3/c1-3-15-9-11-20(12-10-15)18(25)23(19(26)22-20)13-17(24)21-14(2)16-7-5-4-6-8-16/h4-8,14-15H,3,9-13H2,1-2H3,(H,21,24)(H,22,26). The van der Waals surface area contributed by atoms with E-state index in [0.717, 1.165) is 29.7 Å². The van der Waals surface area contributed by atoms with Crippen molar-refractivity contribution in [3.63, 3.8) is 0 Å². The summed E-state index contributed by atoms with van der Waals surface area (Å²) in [5, 5.41) is 5.72. The first-order chi connectivity index (χ1) is 12.4. The van der Waals surface area contributed by atoms with Gasteiger partial charge in [-0.3, -0.25) is 14.5 Å². The number of carbonyl (C=O) groups is 3. The first-order valence-corrected chi connectivity index (χ1v) is 9.43. The summed E-state index contributed by atoms with van der Waals surface area (Å²) in [6.45, 7) is 3.80. The van der Waals surface area contributed by atoms with Crippen molar-refractivity contribution in [2.24, 2.45) is 5.92 Å². The highest BCUT2D eigenvalue weighted by atomic mass is 16.2. The van der Waals surface area contributed by atoms with Gasteiger partial charge in [-0.25, -0.2) is 4.79 Å². The molecule has 1 spiro atoms. The van der Waals surface area contributed by atoms with Crippen LogP contribution in [0.15, 0.2) is 30.3 Å². The second-order valence-corrected chi connectivity index (χ2v) is 7.46. The number of hydrogen-bond donors (Lipinski definition) is 2. The number of rotatable bonds is 5. The third-order valence-electron chi connectivity index (χ3n) is 5.76. The third-order valence-corrected chi connectivity index (χ3v) is 5.76. The molecule has 1 saturated carbocycles. The van der Waals surface area contributed by atoms with Gasteiger partial charge >= 0.3 is 6.03 Å². The zero-order valence-electron chi connectivity index (χ0n) is 15.5. The number of benzene rings is 1. The van der Waals surface area contributed by atoms with E-state index in [4.69, 9.17) is 0 Å². The van der Waals surface area contributed by atoms with Crippen molar-refractivity contribution in [1.29, 1.82) is 0 Å². The Bertz CT molecular complexity index is 681. The summed E-state index contributed by atoms with van der Waals surface area (Å²) < 4.78 is 0. The molecule has 3 rings (SSSR count).